The highest BCUT2D eigenvalue weighted by Gasteiger charge is 2.27. The van der Waals surface area contributed by atoms with Crippen molar-refractivity contribution in [3.05, 3.63) is 35.6 Å². The van der Waals surface area contributed by atoms with E-state index in [-0.39, 0.29) is 5.82 Å². The van der Waals surface area contributed by atoms with Crippen molar-refractivity contribution in [2.45, 2.75) is 39.0 Å². The third-order valence-corrected chi connectivity index (χ3v) is 5.41. The van der Waals surface area contributed by atoms with E-state index >= 15 is 0 Å². The fourth-order valence-corrected chi connectivity index (χ4v) is 4.09. The molecule has 2 saturated heterocycles. The van der Waals surface area contributed by atoms with Gasteiger partial charge in [0.1, 0.15) is 5.82 Å². The Morgan fingerprint density at radius 3 is 2.88 bits per heavy atom. The summed E-state index contributed by atoms with van der Waals surface area (Å²) in [5, 5.41) is 3.45. The number of guanidine groups is 1. The highest BCUT2D eigenvalue weighted by atomic mass is 19.1. The van der Waals surface area contributed by atoms with Crippen molar-refractivity contribution >= 4 is 5.96 Å². The molecule has 2 aliphatic rings. The summed E-state index contributed by atoms with van der Waals surface area (Å²) < 4.78 is 13.2. The van der Waals surface area contributed by atoms with Gasteiger partial charge in [-0.15, -0.1) is 0 Å². The quantitative estimate of drug-likeness (QED) is 0.460. The van der Waals surface area contributed by atoms with Crippen molar-refractivity contribution in [1.29, 1.82) is 0 Å². The Morgan fingerprint density at radius 1 is 1.27 bits per heavy atom. The number of nitrogens with one attached hydrogen (secondary N) is 1. The molecule has 1 unspecified atom stereocenters. The second kappa shape index (κ2) is 9.91. The van der Waals surface area contributed by atoms with Gasteiger partial charge in [-0.05, 0) is 75.7 Å². The second-order valence-corrected chi connectivity index (χ2v) is 7.58. The molecule has 0 aromatic heterocycles. The van der Waals surface area contributed by atoms with Crippen LogP contribution >= 0.6 is 0 Å². The predicted octanol–water partition coefficient (Wildman–Crippen LogP) is 3.14. The smallest absolute Gasteiger partial charge is 0.193 e. The van der Waals surface area contributed by atoms with Crippen LogP contribution in [0.3, 0.4) is 0 Å². The van der Waals surface area contributed by atoms with Gasteiger partial charge in [0, 0.05) is 32.7 Å². The maximum atomic E-state index is 13.2. The predicted molar refractivity (Wildman–Crippen MR) is 106 cm³/mol. The number of benzene rings is 1. The van der Waals surface area contributed by atoms with E-state index in [1.54, 1.807) is 12.1 Å². The average Bonchev–Trinajstić information content (AvgIpc) is 3.30. The van der Waals surface area contributed by atoms with E-state index in [2.05, 4.69) is 22.0 Å². The zero-order valence-corrected chi connectivity index (χ0v) is 16.1. The summed E-state index contributed by atoms with van der Waals surface area (Å²) in [4.78, 5) is 9.87. The molecule has 1 aromatic rings. The van der Waals surface area contributed by atoms with Gasteiger partial charge < -0.3 is 15.1 Å². The van der Waals surface area contributed by atoms with Crippen molar-refractivity contribution < 1.29 is 4.39 Å². The SMILES string of the molecule is CCNC(=NCCCc1cccc(F)c1)N1CCC(CN2CCCC2)C1. The Kier molecular flexibility index (Phi) is 7.30. The van der Waals surface area contributed by atoms with Crippen molar-refractivity contribution in [2.24, 2.45) is 10.9 Å². The lowest BCUT2D eigenvalue weighted by Crippen LogP contribution is -2.40. The Labute approximate surface area is 157 Å². The van der Waals surface area contributed by atoms with Gasteiger partial charge in [0.05, 0.1) is 0 Å². The van der Waals surface area contributed by atoms with Gasteiger partial charge in [0.15, 0.2) is 5.96 Å². The zero-order chi connectivity index (χ0) is 18.2. The minimum absolute atomic E-state index is 0.152. The lowest BCUT2D eigenvalue weighted by molar-refractivity contribution is 0.281. The van der Waals surface area contributed by atoms with Crippen molar-refractivity contribution in [1.82, 2.24) is 15.1 Å². The third-order valence-electron chi connectivity index (χ3n) is 5.41. The van der Waals surface area contributed by atoms with Crippen molar-refractivity contribution in [3.63, 3.8) is 0 Å². The Bertz CT molecular complexity index is 583. The van der Waals surface area contributed by atoms with Crippen LogP contribution < -0.4 is 5.32 Å². The molecular formula is C21H33FN4. The van der Waals surface area contributed by atoms with Crippen LogP contribution in [0.25, 0.3) is 0 Å². The van der Waals surface area contributed by atoms with E-state index in [0.29, 0.717) is 0 Å². The number of rotatable bonds is 7. The molecule has 5 heteroatoms. The summed E-state index contributed by atoms with van der Waals surface area (Å²) in [6.07, 6.45) is 5.82. The first-order chi connectivity index (χ1) is 12.7. The summed E-state index contributed by atoms with van der Waals surface area (Å²) in [5.41, 5.74) is 1.05. The molecular weight excluding hydrogens is 327 g/mol. The van der Waals surface area contributed by atoms with Crippen LogP contribution in [0.4, 0.5) is 4.39 Å². The molecule has 26 heavy (non-hydrogen) atoms. The molecule has 0 aliphatic carbocycles. The Morgan fingerprint density at radius 2 is 2.12 bits per heavy atom. The molecule has 3 rings (SSSR count). The number of aliphatic imine (C=N–C) groups is 1. The van der Waals surface area contributed by atoms with Crippen molar-refractivity contribution in [3.8, 4) is 0 Å². The molecule has 4 nitrogen and oxygen atoms in total. The number of likely N-dealkylation sites (tertiary alicyclic amines) is 2. The van der Waals surface area contributed by atoms with Gasteiger partial charge in [-0.1, -0.05) is 12.1 Å². The number of nitrogens with zero attached hydrogens (tertiary/aromatic N) is 3. The lowest BCUT2D eigenvalue weighted by atomic mass is 10.1. The van der Waals surface area contributed by atoms with Crippen LogP contribution in [-0.4, -0.2) is 61.6 Å². The maximum absolute atomic E-state index is 13.2. The third kappa shape index (κ3) is 5.70. The van der Waals surface area contributed by atoms with Gasteiger partial charge in [0.25, 0.3) is 0 Å². The minimum atomic E-state index is -0.152. The first-order valence-corrected chi connectivity index (χ1v) is 10.2. The molecule has 0 amide bonds. The molecule has 0 saturated carbocycles. The molecule has 1 aromatic carbocycles. The van der Waals surface area contributed by atoms with Crippen molar-refractivity contribution in [2.75, 3.05) is 45.8 Å². The molecule has 1 N–H and O–H groups in total. The van der Waals surface area contributed by atoms with E-state index in [4.69, 9.17) is 4.99 Å². The highest BCUT2D eigenvalue weighted by Crippen LogP contribution is 2.20. The highest BCUT2D eigenvalue weighted by molar-refractivity contribution is 5.80. The lowest BCUT2D eigenvalue weighted by Gasteiger charge is -2.23. The summed E-state index contributed by atoms with van der Waals surface area (Å²) in [5.74, 6) is 1.67. The molecule has 2 heterocycles. The van der Waals surface area contributed by atoms with Gasteiger partial charge in [-0.3, -0.25) is 4.99 Å². The molecule has 0 bridgehead atoms. The topological polar surface area (TPSA) is 30.9 Å². The van der Waals surface area contributed by atoms with Gasteiger partial charge in [0.2, 0.25) is 0 Å². The summed E-state index contributed by atoms with van der Waals surface area (Å²) >= 11 is 0. The first-order valence-electron chi connectivity index (χ1n) is 10.2. The molecule has 1 atom stereocenters. The number of halogens is 1. The number of hydrogen-bond acceptors (Lipinski definition) is 2. The summed E-state index contributed by atoms with van der Waals surface area (Å²) in [7, 11) is 0. The van der Waals surface area contributed by atoms with Gasteiger partial charge in [-0.25, -0.2) is 4.39 Å². The Hall–Kier alpha value is -1.62. The van der Waals surface area contributed by atoms with Crippen LogP contribution in [-0.2, 0) is 6.42 Å². The zero-order valence-electron chi connectivity index (χ0n) is 16.1. The fraction of sp³-hybridized carbons (Fsp3) is 0.667. The van der Waals surface area contributed by atoms with Crippen LogP contribution in [0.15, 0.2) is 29.3 Å². The number of hydrogen-bond donors (Lipinski definition) is 1. The summed E-state index contributed by atoms with van der Waals surface area (Å²) in [6, 6.07) is 6.89. The van der Waals surface area contributed by atoms with E-state index in [9.17, 15) is 4.39 Å². The van der Waals surface area contributed by atoms with Crippen LogP contribution in [0, 0.1) is 11.7 Å². The molecule has 2 fully saturated rings. The van der Waals surface area contributed by atoms with Gasteiger partial charge >= 0.3 is 0 Å². The van der Waals surface area contributed by atoms with E-state index in [0.717, 1.165) is 56.5 Å². The fourth-order valence-electron chi connectivity index (χ4n) is 4.09. The molecule has 0 spiro atoms. The summed E-state index contributed by atoms with van der Waals surface area (Å²) in [6.45, 7) is 9.84. The first kappa shape index (κ1) is 19.2. The van der Waals surface area contributed by atoms with Crippen LogP contribution in [0.2, 0.25) is 0 Å². The monoisotopic (exact) mass is 360 g/mol. The maximum Gasteiger partial charge on any atom is 0.193 e. The van der Waals surface area contributed by atoms with E-state index < -0.39 is 0 Å². The van der Waals surface area contributed by atoms with E-state index in [1.165, 1.54) is 45.0 Å². The second-order valence-electron chi connectivity index (χ2n) is 7.58. The van der Waals surface area contributed by atoms with E-state index in [1.807, 2.05) is 6.07 Å². The average molecular weight is 361 g/mol. The largest absolute Gasteiger partial charge is 0.357 e. The number of aryl methyl sites for hydroxylation is 1. The molecule has 0 radical (unpaired) electrons. The molecule has 144 valence electrons. The minimum Gasteiger partial charge on any atom is -0.357 e. The van der Waals surface area contributed by atoms with Gasteiger partial charge in [-0.2, -0.15) is 0 Å². The van der Waals surface area contributed by atoms with Crippen LogP contribution in [0.5, 0.6) is 0 Å². The molecule has 2 aliphatic heterocycles. The standard InChI is InChI=1S/C21H33FN4/c1-2-23-21(24-11-6-8-18-7-5-9-20(22)15-18)26-14-10-19(17-26)16-25-12-3-4-13-25/h5,7,9,15,19H,2-4,6,8,10-14,16-17H2,1H3,(H,23,24). The Balaban J connectivity index is 1.45. The normalized spacial score (nSPS) is 21.5. The van der Waals surface area contributed by atoms with Crippen LogP contribution in [0.1, 0.15) is 38.2 Å².